The average molecular weight is 467 g/mol. The van der Waals surface area contributed by atoms with E-state index in [1.807, 2.05) is 19.0 Å². The minimum Gasteiger partial charge on any atom is -0.406 e. The van der Waals surface area contributed by atoms with Gasteiger partial charge in [-0.15, -0.1) is 13.2 Å². The van der Waals surface area contributed by atoms with Crippen molar-refractivity contribution in [2.75, 3.05) is 37.8 Å². The minimum atomic E-state index is -4.85. The number of anilines is 3. The van der Waals surface area contributed by atoms with Crippen LogP contribution in [0.25, 0.3) is 11.3 Å². The van der Waals surface area contributed by atoms with Gasteiger partial charge in [-0.05, 0) is 51.3 Å². The standard InChI is InChI=1S/C22H22F5N5O/c1-32(2)11-5-10-28-21-29-18(14-6-3-7-15(12-14)33-22(25,26)27)13-19(31-21)30-20-16(23)8-4-9-17(20)24/h3-4,6-9,12-13H,5,10-11H2,1-2H3,(H2,28,29,30,31). The molecule has 176 valence electrons. The van der Waals surface area contributed by atoms with Crippen LogP contribution in [0.4, 0.5) is 39.4 Å². The van der Waals surface area contributed by atoms with E-state index in [0.29, 0.717) is 12.1 Å². The van der Waals surface area contributed by atoms with E-state index in [1.165, 1.54) is 30.3 Å². The molecule has 2 N–H and O–H groups in total. The molecule has 1 aromatic heterocycles. The number of hydrogen-bond acceptors (Lipinski definition) is 6. The molecule has 0 atom stereocenters. The zero-order valence-corrected chi connectivity index (χ0v) is 17.9. The third kappa shape index (κ3) is 7.28. The summed E-state index contributed by atoms with van der Waals surface area (Å²) < 4.78 is 70.0. The second-order valence-corrected chi connectivity index (χ2v) is 7.34. The molecule has 0 bridgehead atoms. The third-order valence-corrected chi connectivity index (χ3v) is 4.37. The molecular formula is C22H22F5N5O. The van der Waals surface area contributed by atoms with Crippen LogP contribution in [0.3, 0.4) is 0 Å². The summed E-state index contributed by atoms with van der Waals surface area (Å²) in [5, 5.41) is 5.62. The number of para-hydroxylation sites is 1. The van der Waals surface area contributed by atoms with Crippen molar-refractivity contribution >= 4 is 17.5 Å². The molecule has 6 nitrogen and oxygen atoms in total. The molecule has 0 aliphatic rings. The van der Waals surface area contributed by atoms with Crippen LogP contribution in [-0.4, -0.2) is 48.4 Å². The van der Waals surface area contributed by atoms with Gasteiger partial charge in [-0.2, -0.15) is 4.98 Å². The van der Waals surface area contributed by atoms with Crippen molar-refractivity contribution in [1.29, 1.82) is 0 Å². The Balaban J connectivity index is 1.94. The lowest BCUT2D eigenvalue weighted by atomic mass is 10.1. The van der Waals surface area contributed by atoms with E-state index in [4.69, 9.17) is 0 Å². The summed E-state index contributed by atoms with van der Waals surface area (Å²) in [4.78, 5) is 10.6. The van der Waals surface area contributed by atoms with Gasteiger partial charge in [0.15, 0.2) is 0 Å². The first-order chi connectivity index (χ1) is 15.6. The fourth-order valence-corrected chi connectivity index (χ4v) is 2.93. The highest BCUT2D eigenvalue weighted by Crippen LogP contribution is 2.30. The van der Waals surface area contributed by atoms with E-state index in [9.17, 15) is 22.0 Å². The maximum Gasteiger partial charge on any atom is 0.573 e. The summed E-state index contributed by atoms with van der Waals surface area (Å²) in [6.45, 7) is 1.31. The fourth-order valence-electron chi connectivity index (χ4n) is 2.93. The average Bonchev–Trinajstić information content (AvgIpc) is 2.73. The van der Waals surface area contributed by atoms with Crippen molar-refractivity contribution in [2.45, 2.75) is 12.8 Å². The Kier molecular flexibility index (Phi) is 7.64. The van der Waals surface area contributed by atoms with Crippen molar-refractivity contribution in [3.8, 4) is 17.0 Å². The monoisotopic (exact) mass is 467 g/mol. The second kappa shape index (κ2) is 10.4. The molecule has 0 aliphatic heterocycles. The van der Waals surface area contributed by atoms with E-state index < -0.39 is 29.4 Å². The largest absolute Gasteiger partial charge is 0.573 e. The fraction of sp³-hybridized carbons (Fsp3) is 0.273. The number of ether oxygens (including phenoxy) is 1. The number of nitrogens with zero attached hydrogens (tertiary/aromatic N) is 3. The number of halogens is 5. The first kappa shape index (κ1) is 24.2. The molecule has 33 heavy (non-hydrogen) atoms. The molecule has 3 rings (SSSR count). The highest BCUT2D eigenvalue weighted by Gasteiger charge is 2.31. The number of hydrogen-bond donors (Lipinski definition) is 2. The van der Waals surface area contributed by atoms with E-state index in [0.717, 1.165) is 31.2 Å². The highest BCUT2D eigenvalue weighted by molar-refractivity contribution is 5.68. The summed E-state index contributed by atoms with van der Waals surface area (Å²) in [7, 11) is 3.86. The first-order valence-electron chi connectivity index (χ1n) is 9.95. The van der Waals surface area contributed by atoms with Crippen molar-refractivity contribution in [3.63, 3.8) is 0 Å². The van der Waals surface area contributed by atoms with Gasteiger partial charge in [0.2, 0.25) is 5.95 Å². The molecule has 0 spiro atoms. The van der Waals surface area contributed by atoms with Crippen LogP contribution in [0, 0.1) is 11.6 Å². The number of aromatic nitrogens is 2. The Labute approximate surface area is 187 Å². The zero-order chi connectivity index (χ0) is 24.0. The smallest absolute Gasteiger partial charge is 0.406 e. The number of rotatable bonds is 9. The molecule has 0 amide bonds. The van der Waals surface area contributed by atoms with Gasteiger partial charge in [0.1, 0.15) is 28.9 Å². The van der Waals surface area contributed by atoms with E-state index in [-0.39, 0.29) is 17.5 Å². The van der Waals surface area contributed by atoms with Crippen LogP contribution in [0.5, 0.6) is 5.75 Å². The molecule has 11 heteroatoms. The van der Waals surface area contributed by atoms with Crippen LogP contribution in [0.1, 0.15) is 6.42 Å². The molecule has 0 saturated carbocycles. The predicted molar refractivity (Wildman–Crippen MR) is 115 cm³/mol. The first-order valence-corrected chi connectivity index (χ1v) is 9.95. The van der Waals surface area contributed by atoms with Gasteiger partial charge in [-0.3, -0.25) is 0 Å². The summed E-state index contributed by atoms with van der Waals surface area (Å²) in [5.41, 5.74) is 0.120. The number of nitrogens with one attached hydrogen (secondary N) is 2. The topological polar surface area (TPSA) is 62.3 Å². The van der Waals surface area contributed by atoms with Crippen LogP contribution >= 0.6 is 0 Å². The van der Waals surface area contributed by atoms with Gasteiger partial charge in [-0.1, -0.05) is 18.2 Å². The summed E-state index contributed by atoms with van der Waals surface area (Å²) in [6, 6.07) is 10.0. The van der Waals surface area contributed by atoms with Gasteiger partial charge >= 0.3 is 6.36 Å². The van der Waals surface area contributed by atoms with Gasteiger partial charge in [0, 0.05) is 18.2 Å². The zero-order valence-electron chi connectivity index (χ0n) is 17.9. The second-order valence-electron chi connectivity index (χ2n) is 7.34. The van der Waals surface area contributed by atoms with Crippen LogP contribution in [0.15, 0.2) is 48.5 Å². The highest BCUT2D eigenvalue weighted by atomic mass is 19.4. The molecular weight excluding hydrogens is 445 g/mol. The number of benzene rings is 2. The van der Waals surface area contributed by atoms with Gasteiger partial charge < -0.3 is 20.3 Å². The maximum atomic E-state index is 14.1. The quantitative estimate of drug-likeness (QED) is 0.323. The van der Waals surface area contributed by atoms with Gasteiger partial charge in [0.25, 0.3) is 0 Å². The molecule has 1 heterocycles. The van der Waals surface area contributed by atoms with Crippen LogP contribution in [-0.2, 0) is 0 Å². The number of alkyl halides is 3. The lowest BCUT2D eigenvalue weighted by molar-refractivity contribution is -0.274. The predicted octanol–water partition coefficient (Wildman–Crippen LogP) is 5.43. The molecule has 0 saturated heterocycles. The van der Waals surface area contributed by atoms with E-state index >= 15 is 0 Å². The van der Waals surface area contributed by atoms with Crippen LogP contribution in [0.2, 0.25) is 0 Å². The SMILES string of the molecule is CN(C)CCCNc1nc(Nc2c(F)cccc2F)cc(-c2cccc(OC(F)(F)F)c2)n1. The Hall–Kier alpha value is -3.47. The van der Waals surface area contributed by atoms with Crippen molar-refractivity contribution in [2.24, 2.45) is 0 Å². The molecule has 3 aromatic rings. The summed E-state index contributed by atoms with van der Waals surface area (Å²) in [5.74, 6) is -1.87. The molecule has 2 aromatic carbocycles. The minimum absolute atomic E-state index is 0.0567. The van der Waals surface area contributed by atoms with Crippen LogP contribution < -0.4 is 15.4 Å². The normalized spacial score (nSPS) is 11.5. The van der Waals surface area contributed by atoms with E-state index in [1.54, 1.807) is 0 Å². The third-order valence-electron chi connectivity index (χ3n) is 4.37. The van der Waals surface area contributed by atoms with Crippen molar-refractivity contribution < 1.29 is 26.7 Å². The summed E-state index contributed by atoms with van der Waals surface area (Å²) >= 11 is 0. The van der Waals surface area contributed by atoms with Gasteiger partial charge in [-0.25, -0.2) is 13.8 Å². The maximum absolute atomic E-state index is 14.1. The Morgan fingerprint density at radius 3 is 2.33 bits per heavy atom. The van der Waals surface area contributed by atoms with Crippen molar-refractivity contribution in [3.05, 3.63) is 60.2 Å². The van der Waals surface area contributed by atoms with Gasteiger partial charge in [0.05, 0.1) is 5.69 Å². The summed E-state index contributed by atoms with van der Waals surface area (Å²) in [6.07, 6.45) is -4.08. The lowest BCUT2D eigenvalue weighted by Crippen LogP contribution is -2.17. The Morgan fingerprint density at radius 2 is 1.67 bits per heavy atom. The lowest BCUT2D eigenvalue weighted by Gasteiger charge is -2.14. The Morgan fingerprint density at radius 1 is 0.970 bits per heavy atom. The molecule has 0 radical (unpaired) electrons. The molecule has 0 aliphatic carbocycles. The Bertz CT molecular complexity index is 1070. The molecule has 0 unspecified atom stereocenters. The van der Waals surface area contributed by atoms with E-state index in [2.05, 4.69) is 25.3 Å². The molecule has 0 fully saturated rings. The van der Waals surface area contributed by atoms with Crippen molar-refractivity contribution in [1.82, 2.24) is 14.9 Å².